The van der Waals surface area contributed by atoms with Gasteiger partial charge in [-0.25, -0.2) is 4.79 Å². The summed E-state index contributed by atoms with van der Waals surface area (Å²) < 4.78 is 11.9. The van der Waals surface area contributed by atoms with Crippen molar-refractivity contribution in [2.24, 2.45) is 23.7 Å². The number of hydrogen-bond donors (Lipinski definition) is 2. The molecule has 180 valence electrons. The van der Waals surface area contributed by atoms with Gasteiger partial charge in [-0.15, -0.1) is 0 Å². The topological polar surface area (TPSA) is 67.8 Å². The van der Waals surface area contributed by atoms with Gasteiger partial charge in [0.1, 0.15) is 5.75 Å². The van der Waals surface area contributed by atoms with Gasteiger partial charge in [0.25, 0.3) is 6.29 Å². The second-order valence-electron chi connectivity index (χ2n) is 11.5. The van der Waals surface area contributed by atoms with Crippen LogP contribution in [0, 0.1) is 23.7 Å². The van der Waals surface area contributed by atoms with Crippen LogP contribution in [0.4, 0.5) is 4.79 Å². The smallest absolute Gasteiger partial charge is 0.454 e. The third kappa shape index (κ3) is 3.84. The summed E-state index contributed by atoms with van der Waals surface area (Å²) in [5.74, 6) is 2.92. The van der Waals surface area contributed by atoms with Gasteiger partial charge in [-0.05, 0) is 86.1 Å². The van der Waals surface area contributed by atoms with Gasteiger partial charge in [-0.2, -0.15) is 0 Å². The summed E-state index contributed by atoms with van der Waals surface area (Å²) in [6, 6.07) is 7.19. The van der Waals surface area contributed by atoms with E-state index in [9.17, 15) is 9.90 Å². The highest BCUT2D eigenvalue weighted by Crippen LogP contribution is 2.54. The Labute approximate surface area is 197 Å². The van der Waals surface area contributed by atoms with Crippen molar-refractivity contribution >= 4 is 6.16 Å². The van der Waals surface area contributed by atoms with Gasteiger partial charge in [-0.3, -0.25) is 0 Å². The SMILES string of the molecule is O=C(O)OC(Oc1ccc2c(c1)[C@@]13CCCC[C@H]1[C@@H](C2)NCC3)C1CCCC2CCCCC21. The first-order valence-corrected chi connectivity index (χ1v) is 13.6. The van der Waals surface area contributed by atoms with Gasteiger partial charge in [0.15, 0.2) is 0 Å². The first-order chi connectivity index (χ1) is 16.1. The molecular formula is C28H39NO4. The highest BCUT2D eigenvalue weighted by Gasteiger charge is 2.51. The van der Waals surface area contributed by atoms with Crippen molar-refractivity contribution in [3.8, 4) is 5.75 Å². The molecule has 1 heterocycles. The Hall–Kier alpha value is -1.75. The number of rotatable bonds is 4. The highest BCUT2D eigenvalue weighted by molar-refractivity contribution is 5.57. The van der Waals surface area contributed by atoms with Gasteiger partial charge in [-0.1, -0.05) is 51.0 Å². The molecule has 5 nitrogen and oxygen atoms in total. The molecule has 7 atom stereocenters. The normalized spacial score (nSPS) is 38.2. The van der Waals surface area contributed by atoms with Crippen molar-refractivity contribution in [3.05, 3.63) is 29.3 Å². The summed E-state index contributed by atoms with van der Waals surface area (Å²) in [4.78, 5) is 11.7. The predicted octanol–water partition coefficient (Wildman–Crippen LogP) is 6.04. The summed E-state index contributed by atoms with van der Waals surface area (Å²) in [5, 5.41) is 13.3. The molecule has 1 aromatic rings. The Morgan fingerprint density at radius 3 is 2.79 bits per heavy atom. The molecule has 0 aromatic heterocycles. The number of fused-ring (bicyclic) bond motifs is 2. The molecule has 3 saturated carbocycles. The number of hydrogen-bond acceptors (Lipinski definition) is 4. The molecule has 1 aromatic carbocycles. The fourth-order valence-electron chi connectivity index (χ4n) is 8.74. The van der Waals surface area contributed by atoms with E-state index in [-0.39, 0.29) is 11.3 Å². The Morgan fingerprint density at radius 2 is 1.88 bits per heavy atom. The molecule has 33 heavy (non-hydrogen) atoms. The van der Waals surface area contributed by atoms with Gasteiger partial charge in [0, 0.05) is 17.4 Å². The summed E-state index contributed by atoms with van der Waals surface area (Å²) in [5.41, 5.74) is 3.21. The molecule has 4 fully saturated rings. The Kier molecular flexibility index (Phi) is 5.80. The Bertz CT molecular complexity index is 881. The van der Waals surface area contributed by atoms with Gasteiger partial charge < -0.3 is 19.9 Å². The van der Waals surface area contributed by atoms with E-state index in [2.05, 4.69) is 23.5 Å². The summed E-state index contributed by atoms with van der Waals surface area (Å²) in [6.07, 6.45) is 14.1. The second kappa shape index (κ2) is 8.79. The van der Waals surface area contributed by atoms with E-state index in [0.29, 0.717) is 17.9 Å². The van der Waals surface area contributed by atoms with E-state index >= 15 is 0 Å². The van der Waals surface area contributed by atoms with Crippen LogP contribution in [0.15, 0.2) is 18.2 Å². The van der Waals surface area contributed by atoms with Crippen LogP contribution in [0.5, 0.6) is 5.75 Å². The Balaban J connectivity index is 1.30. The van der Waals surface area contributed by atoms with E-state index in [4.69, 9.17) is 9.47 Å². The minimum absolute atomic E-state index is 0.167. The standard InChI is InChI=1S/C28H39NO4/c30-27(31)33-26(22-9-5-7-18-6-1-2-8-21(18)22)32-20-12-11-19-16-25-23-10-3-4-13-28(23,14-15-29-25)24(19)17-20/h11-12,17-18,21-23,25-26,29H,1-10,13-16H2,(H,30,31)/t18?,21?,22?,23-,25+,26?,28+/m0/s1. The van der Waals surface area contributed by atoms with Crippen LogP contribution >= 0.6 is 0 Å². The highest BCUT2D eigenvalue weighted by atomic mass is 16.8. The predicted molar refractivity (Wildman–Crippen MR) is 127 cm³/mol. The van der Waals surface area contributed by atoms with Crippen molar-refractivity contribution in [1.82, 2.24) is 5.32 Å². The molecule has 0 amide bonds. The van der Waals surface area contributed by atoms with Crippen molar-refractivity contribution in [3.63, 3.8) is 0 Å². The van der Waals surface area contributed by atoms with E-state index in [0.717, 1.165) is 37.5 Å². The fraction of sp³-hybridized carbons (Fsp3) is 0.750. The van der Waals surface area contributed by atoms with Crippen LogP contribution in [-0.4, -0.2) is 30.1 Å². The lowest BCUT2D eigenvalue weighted by Gasteiger charge is -2.56. The van der Waals surface area contributed by atoms with Crippen LogP contribution in [0.25, 0.3) is 0 Å². The minimum atomic E-state index is -1.22. The third-order valence-electron chi connectivity index (χ3n) is 10.1. The molecule has 0 spiro atoms. The first-order valence-electron chi connectivity index (χ1n) is 13.6. The summed E-state index contributed by atoms with van der Waals surface area (Å²) in [6.45, 7) is 1.10. The molecule has 6 rings (SSSR count). The van der Waals surface area contributed by atoms with Crippen molar-refractivity contribution < 1.29 is 19.4 Å². The monoisotopic (exact) mass is 453 g/mol. The van der Waals surface area contributed by atoms with Gasteiger partial charge in [0.05, 0.1) is 0 Å². The van der Waals surface area contributed by atoms with Crippen LogP contribution in [0.3, 0.4) is 0 Å². The van der Waals surface area contributed by atoms with E-state index in [1.165, 1.54) is 75.3 Å². The number of nitrogens with one attached hydrogen (secondary N) is 1. The number of piperidine rings is 1. The lowest BCUT2D eigenvalue weighted by Crippen LogP contribution is -2.59. The molecule has 5 aliphatic rings. The number of benzene rings is 1. The maximum atomic E-state index is 11.7. The third-order valence-corrected chi connectivity index (χ3v) is 10.1. The molecule has 2 N–H and O–H groups in total. The van der Waals surface area contributed by atoms with Gasteiger partial charge in [0.2, 0.25) is 0 Å². The first kappa shape index (κ1) is 21.8. The molecule has 5 heteroatoms. The maximum absolute atomic E-state index is 11.7. The molecule has 2 bridgehead atoms. The second-order valence-corrected chi connectivity index (χ2v) is 11.5. The van der Waals surface area contributed by atoms with Crippen LogP contribution < -0.4 is 10.1 Å². The average molecular weight is 454 g/mol. The van der Waals surface area contributed by atoms with Crippen molar-refractivity contribution in [2.45, 2.75) is 101 Å². The molecule has 1 saturated heterocycles. The zero-order valence-corrected chi connectivity index (χ0v) is 19.8. The van der Waals surface area contributed by atoms with Gasteiger partial charge >= 0.3 is 6.16 Å². The molecule has 0 radical (unpaired) electrons. The van der Waals surface area contributed by atoms with Crippen molar-refractivity contribution in [2.75, 3.05) is 6.54 Å². The quantitative estimate of drug-likeness (QED) is 0.430. The number of carbonyl (C=O) groups is 1. The molecule has 4 aliphatic carbocycles. The lowest BCUT2D eigenvalue weighted by atomic mass is 9.53. The lowest BCUT2D eigenvalue weighted by molar-refractivity contribution is -0.122. The Morgan fingerprint density at radius 1 is 1.03 bits per heavy atom. The van der Waals surface area contributed by atoms with E-state index in [1.807, 2.05) is 0 Å². The van der Waals surface area contributed by atoms with Crippen LogP contribution in [0.2, 0.25) is 0 Å². The fourth-order valence-corrected chi connectivity index (χ4v) is 8.74. The zero-order chi connectivity index (χ0) is 22.4. The van der Waals surface area contributed by atoms with Crippen molar-refractivity contribution in [1.29, 1.82) is 0 Å². The van der Waals surface area contributed by atoms with Crippen LogP contribution in [0.1, 0.15) is 88.2 Å². The number of ether oxygens (including phenoxy) is 2. The zero-order valence-electron chi connectivity index (χ0n) is 19.8. The van der Waals surface area contributed by atoms with Crippen LogP contribution in [-0.2, 0) is 16.6 Å². The average Bonchev–Trinajstić information content (AvgIpc) is 2.83. The van der Waals surface area contributed by atoms with E-state index < -0.39 is 12.4 Å². The molecule has 4 unspecified atom stereocenters. The molecule has 1 aliphatic heterocycles. The largest absolute Gasteiger partial charge is 0.508 e. The number of carboxylic acid groups (broad SMARTS) is 1. The summed E-state index contributed by atoms with van der Waals surface area (Å²) >= 11 is 0. The summed E-state index contributed by atoms with van der Waals surface area (Å²) in [7, 11) is 0. The van der Waals surface area contributed by atoms with E-state index in [1.54, 1.807) is 0 Å². The maximum Gasteiger partial charge on any atom is 0.508 e. The minimum Gasteiger partial charge on any atom is -0.454 e. The molecular weight excluding hydrogens is 414 g/mol.